The zero-order chi connectivity index (χ0) is 15.6. The van der Waals surface area contributed by atoms with Gasteiger partial charge in [0, 0.05) is 6.04 Å². The Hall–Kier alpha value is -1.80. The molecule has 1 atom stereocenters. The lowest BCUT2D eigenvalue weighted by Gasteiger charge is -2.15. The first-order valence-corrected chi connectivity index (χ1v) is 7.47. The second-order valence-electron chi connectivity index (χ2n) is 6.17. The molecule has 0 saturated heterocycles. The van der Waals surface area contributed by atoms with E-state index in [0.29, 0.717) is 0 Å². The maximum absolute atomic E-state index is 6.13. The molecular formula is C19H25NO. The molecule has 0 radical (unpaired) electrons. The van der Waals surface area contributed by atoms with Gasteiger partial charge in [0.05, 0.1) is 0 Å². The maximum Gasteiger partial charge on any atom is 0.133 e. The highest BCUT2D eigenvalue weighted by Gasteiger charge is 2.09. The molecule has 2 aromatic carbocycles. The van der Waals surface area contributed by atoms with Gasteiger partial charge in [0.15, 0.2) is 0 Å². The molecule has 2 nitrogen and oxygen atoms in total. The summed E-state index contributed by atoms with van der Waals surface area (Å²) in [4.78, 5) is 0. The molecular weight excluding hydrogens is 258 g/mol. The minimum absolute atomic E-state index is 0.176. The van der Waals surface area contributed by atoms with Crippen molar-refractivity contribution in [1.29, 1.82) is 0 Å². The van der Waals surface area contributed by atoms with Gasteiger partial charge in [-0.15, -0.1) is 0 Å². The average Bonchev–Trinajstić information content (AvgIpc) is 2.31. The van der Waals surface area contributed by atoms with Crippen LogP contribution in [0.2, 0.25) is 0 Å². The molecule has 0 fully saturated rings. The van der Waals surface area contributed by atoms with Crippen LogP contribution in [0.25, 0.3) is 0 Å². The lowest BCUT2D eigenvalue weighted by Crippen LogP contribution is -2.17. The van der Waals surface area contributed by atoms with Crippen LogP contribution in [0.4, 0.5) is 0 Å². The highest BCUT2D eigenvalue weighted by atomic mass is 16.5. The van der Waals surface area contributed by atoms with Gasteiger partial charge in [-0.1, -0.05) is 18.2 Å². The molecule has 2 N–H and O–H groups in total. The third-order valence-corrected chi connectivity index (χ3v) is 3.49. The summed E-state index contributed by atoms with van der Waals surface area (Å²) in [5, 5.41) is 0. The average molecular weight is 283 g/mol. The molecule has 112 valence electrons. The van der Waals surface area contributed by atoms with E-state index >= 15 is 0 Å². The fraction of sp³-hybridized carbons (Fsp3) is 0.368. The van der Waals surface area contributed by atoms with Crippen molar-refractivity contribution < 1.29 is 4.74 Å². The Morgan fingerprint density at radius 1 is 0.905 bits per heavy atom. The number of rotatable bonds is 4. The van der Waals surface area contributed by atoms with E-state index in [1.165, 1.54) is 16.7 Å². The van der Waals surface area contributed by atoms with Crippen LogP contribution in [-0.2, 0) is 6.42 Å². The molecule has 2 rings (SSSR count). The van der Waals surface area contributed by atoms with Crippen molar-refractivity contribution >= 4 is 0 Å². The standard InChI is InChI=1S/C19H25NO/c1-12-6-13(2)8-18(7-12)21-19-14(3)9-17(10-15(19)4)11-16(5)20/h6-10,16H,11,20H2,1-5H3. The van der Waals surface area contributed by atoms with Gasteiger partial charge < -0.3 is 10.5 Å². The number of hydrogen-bond donors (Lipinski definition) is 1. The fourth-order valence-corrected chi connectivity index (χ4v) is 2.80. The second kappa shape index (κ2) is 6.31. The van der Waals surface area contributed by atoms with Crippen molar-refractivity contribution in [3.8, 4) is 11.5 Å². The van der Waals surface area contributed by atoms with E-state index in [2.05, 4.69) is 58.0 Å². The van der Waals surface area contributed by atoms with Crippen LogP contribution in [-0.4, -0.2) is 6.04 Å². The first-order valence-electron chi connectivity index (χ1n) is 7.47. The van der Waals surface area contributed by atoms with Crippen molar-refractivity contribution in [2.75, 3.05) is 0 Å². The van der Waals surface area contributed by atoms with Crippen LogP contribution in [0.1, 0.15) is 34.7 Å². The highest BCUT2D eigenvalue weighted by Crippen LogP contribution is 2.31. The molecule has 0 aliphatic rings. The summed E-state index contributed by atoms with van der Waals surface area (Å²) in [6.07, 6.45) is 0.894. The highest BCUT2D eigenvalue weighted by molar-refractivity contribution is 5.47. The number of nitrogens with two attached hydrogens (primary N) is 1. The lowest BCUT2D eigenvalue weighted by molar-refractivity contribution is 0.474. The first kappa shape index (κ1) is 15.6. The summed E-state index contributed by atoms with van der Waals surface area (Å²) >= 11 is 0. The molecule has 0 aliphatic heterocycles. The third-order valence-electron chi connectivity index (χ3n) is 3.49. The van der Waals surface area contributed by atoms with E-state index in [1.54, 1.807) is 0 Å². The van der Waals surface area contributed by atoms with Crippen LogP contribution >= 0.6 is 0 Å². The largest absolute Gasteiger partial charge is 0.457 e. The van der Waals surface area contributed by atoms with Crippen LogP contribution in [0, 0.1) is 27.7 Å². The molecule has 2 aromatic rings. The fourth-order valence-electron chi connectivity index (χ4n) is 2.80. The molecule has 21 heavy (non-hydrogen) atoms. The summed E-state index contributed by atoms with van der Waals surface area (Å²) in [6.45, 7) is 10.4. The van der Waals surface area contributed by atoms with E-state index in [-0.39, 0.29) is 6.04 Å². The molecule has 1 unspecified atom stereocenters. The van der Waals surface area contributed by atoms with Gasteiger partial charge in [-0.3, -0.25) is 0 Å². The van der Waals surface area contributed by atoms with Gasteiger partial charge in [-0.05, 0) is 81.0 Å². The summed E-state index contributed by atoms with van der Waals surface area (Å²) in [5.74, 6) is 1.85. The van der Waals surface area contributed by atoms with Crippen LogP contribution in [0.5, 0.6) is 11.5 Å². The van der Waals surface area contributed by atoms with Crippen LogP contribution in [0.15, 0.2) is 30.3 Å². The lowest BCUT2D eigenvalue weighted by atomic mass is 10.0. The van der Waals surface area contributed by atoms with E-state index in [9.17, 15) is 0 Å². The minimum atomic E-state index is 0.176. The predicted molar refractivity (Wildman–Crippen MR) is 89.3 cm³/mol. The minimum Gasteiger partial charge on any atom is -0.457 e. The number of aryl methyl sites for hydroxylation is 4. The summed E-state index contributed by atoms with van der Waals surface area (Å²) in [6, 6.07) is 10.8. The Balaban J connectivity index is 2.31. The van der Waals surface area contributed by atoms with Gasteiger partial charge in [0.2, 0.25) is 0 Å². The predicted octanol–water partition coefficient (Wildman–Crippen LogP) is 4.60. The van der Waals surface area contributed by atoms with Gasteiger partial charge in [-0.25, -0.2) is 0 Å². The number of ether oxygens (including phenoxy) is 1. The second-order valence-corrected chi connectivity index (χ2v) is 6.17. The van der Waals surface area contributed by atoms with Crippen molar-refractivity contribution in [1.82, 2.24) is 0 Å². The zero-order valence-electron chi connectivity index (χ0n) is 13.7. The quantitative estimate of drug-likeness (QED) is 0.889. The van der Waals surface area contributed by atoms with Crippen molar-refractivity contribution in [3.05, 3.63) is 58.1 Å². The topological polar surface area (TPSA) is 35.2 Å². The van der Waals surface area contributed by atoms with Crippen molar-refractivity contribution in [3.63, 3.8) is 0 Å². The molecule has 0 heterocycles. The Kier molecular flexibility index (Phi) is 4.69. The number of benzene rings is 2. The van der Waals surface area contributed by atoms with E-state index in [1.807, 2.05) is 6.92 Å². The number of hydrogen-bond acceptors (Lipinski definition) is 2. The summed E-state index contributed by atoms with van der Waals surface area (Å²) in [7, 11) is 0. The monoisotopic (exact) mass is 283 g/mol. The molecule has 2 heteroatoms. The molecule has 0 aliphatic carbocycles. The van der Waals surface area contributed by atoms with Crippen LogP contribution < -0.4 is 10.5 Å². The maximum atomic E-state index is 6.13. The van der Waals surface area contributed by atoms with Gasteiger partial charge in [-0.2, -0.15) is 0 Å². The van der Waals surface area contributed by atoms with Gasteiger partial charge >= 0.3 is 0 Å². The third kappa shape index (κ3) is 4.08. The molecule has 0 saturated carbocycles. The summed E-state index contributed by atoms with van der Waals surface area (Å²) in [5.41, 5.74) is 11.9. The Labute approximate surface area is 127 Å². The van der Waals surface area contributed by atoms with Crippen LogP contribution in [0.3, 0.4) is 0 Å². The first-order chi connectivity index (χ1) is 9.85. The summed E-state index contributed by atoms with van der Waals surface area (Å²) < 4.78 is 6.13. The smallest absolute Gasteiger partial charge is 0.133 e. The van der Waals surface area contributed by atoms with Crippen molar-refractivity contribution in [2.45, 2.75) is 47.1 Å². The molecule has 0 amide bonds. The van der Waals surface area contributed by atoms with Crippen molar-refractivity contribution in [2.24, 2.45) is 5.73 Å². The van der Waals surface area contributed by atoms with E-state index in [4.69, 9.17) is 10.5 Å². The molecule has 0 aromatic heterocycles. The van der Waals surface area contributed by atoms with Gasteiger partial charge in [0.1, 0.15) is 11.5 Å². The molecule has 0 bridgehead atoms. The Bertz CT molecular complexity index is 601. The normalized spacial score (nSPS) is 12.3. The Morgan fingerprint density at radius 2 is 1.43 bits per heavy atom. The SMILES string of the molecule is Cc1cc(C)cc(Oc2c(C)cc(CC(C)N)cc2C)c1. The van der Waals surface area contributed by atoms with E-state index in [0.717, 1.165) is 29.0 Å². The zero-order valence-corrected chi connectivity index (χ0v) is 13.7. The van der Waals surface area contributed by atoms with Gasteiger partial charge in [0.25, 0.3) is 0 Å². The Morgan fingerprint density at radius 3 is 1.90 bits per heavy atom. The molecule has 0 spiro atoms. The van der Waals surface area contributed by atoms with E-state index < -0.39 is 0 Å².